The zero-order valence-electron chi connectivity index (χ0n) is 19.9. The van der Waals surface area contributed by atoms with Gasteiger partial charge in [0.1, 0.15) is 11.6 Å². The molecule has 0 saturated carbocycles. The lowest BCUT2D eigenvalue weighted by molar-refractivity contribution is 0.100. The van der Waals surface area contributed by atoms with E-state index in [-0.39, 0.29) is 17.0 Å². The van der Waals surface area contributed by atoms with E-state index >= 15 is 0 Å². The Bertz CT molecular complexity index is 1150. The first-order valence-electron chi connectivity index (χ1n) is 10.4. The average molecular weight is 447 g/mol. The molecule has 0 aliphatic heterocycles. The molecule has 0 unspecified atom stereocenters. The minimum absolute atomic E-state index is 0. The lowest BCUT2D eigenvalue weighted by Crippen LogP contribution is -1.95. The van der Waals surface area contributed by atoms with Gasteiger partial charge in [0, 0.05) is 25.2 Å². The molecule has 0 atom stereocenters. The van der Waals surface area contributed by atoms with Gasteiger partial charge in [0.15, 0.2) is 11.6 Å². The quantitative estimate of drug-likeness (QED) is 0.434. The van der Waals surface area contributed by atoms with Gasteiger partial charge >= 0.3 is 0 Å². The van der Waals surface area contributed by atoms with E-state index < -0.39 is 0 Å². The lowest BCUT2D eigenvalue weighted by atomic mass is 10.1. The number of ketones is 2. The van der Waals surface area contributed by atoms with Gasteiger partial charge in [-0.1, -0.05) is 48.5 Å². The Morgan fingerprint density at radius 1 is 0.636 bits per heavy atom. The fourth-order valence-corrected chi connectivity index (χ4v) is 3.29. The van der Waals surface area contributed by atoms with Gasteiger partial charge in [-0.05, 0) is 38.8 Å². The van der Waals surface area contributed by atoms with E-state index in [9.17, 15) is 9.59 Å². The highest BCUT2D eigenvalue weighted by Crippen LogP contribution is 2.21. The minimum Gasteiger partial charge on any atom is -0.412 e. The monoisotopic (exact) mass is 446 g/mol. The summed E-state index contributed by atoms with van der Waals surface area (Å²) in [5.74, 6) is 2.14. The molecule has 2 aromatic heterocycles. The topological polar surface area (TPSA) is 101 Å². The van der Waals surface area contributed by atoms with Crippen LogP contribution in [0.1, 0.15) is 46.2 Å². The molecular formula is C26H30N4O3. The van der Waals surface area contributed by atoms with Crippen molar-refractivity contribution in [2.75, 3.05) is 0 Å². The van der Waals surface area contributed by atoms with Crippen molar-refractivity contribution in [1.29, 1.82) is 0 Å². The molecule has 0 bridgehead atoms. The standard InChI is InChI=1S/2C13H14N2O.H2O/c2*1-9(16)11-4-6-12(7-5-11)13-8-14-10(2)15(13)3;/h2*4-8H,1-3H3;1H2. The van der Waals surface area contributed by atoms with Crippen LogP contribution in [-0.4, -0.2) is 36.1 Å². The molecule has 7 heteroatoms. The van der Waals surface area contributed by atoms with Crippen molar-refractivity contribution >= 4 is 11.6 Å². The molecular weight excluding hydrogens is 416 g/mol. The summed E-state index contributed by atoms with van der Waals surface area (Å²) < 4.78 is 4.06. The summed E-state index contributed by atoms with van der Waals surface area (Å²) in [4.78, 5) is 30.8. The highest BCUT2D eigenvalue weighted by Gasteiger charge is 2.07. The fraction of sp³-hybridized carbons (Fsp3) is 0.231. The first-order valence-corrected chi connectivity index (χ1v) is 10.4. The molecule has 33 heavy (non-hydrogen) atoms. The maximum absolute atomic E-state index is 11.1. The van der Waals surface area contributed by atoms with Gasteiger partial charge in [-0.2, -0.15) is 0 Å². The van der Waals surface area contributed by atoms with Gasteiger partial charge in [0.05, 0.1) is 23.8 Å². The molecule has 0 spiro atoms. The molecule has 0 radical (unpaired) electrons. The number of aryl methyl sites for hydroxylation is 2. The molecule has 2 aromatic carbocycles. The molecule has 4 aromatic rings. The maximum Gasteiger partial charge on any atom is 0.159 e. The molecule has 7 nitrogen and oxygen atoms in total. The van der Waals surface area contributed by atoms with Gasteiger partial charge in [-0.3, -0.25) is 9.59 Å². The van der Waals surface area contributed by atoms with E-state index in [1.807, 2.05) is 98.0 Å². The van der Waals surface area contributed by atoms with Crippen LogP contribution in [0.2, 0.25) is 0 Å². The van der Waals surface area contributed by atoms with Crippen molar-refractivity contribution in [2.45, 2.75) is 27.7 Å². The van der Waals surface area contributed by atoms with Crippen LogP contribution in [0.4, 0.5) is 0 Å². The Morgan fingerprint density at radius 3 is 1.15 bits per heavy atom. The number of benzene rings is 2. The summed E-state index contributed by atoms with van der Waals surface area (Å²) in [6.07, 6.45) is 3.69. The molecule has 2 N–H and O–H groups in total. The summed E-state index contributed by atoms with van der Waals surface area (Å²) in [6.45, 7) is 7.08. The van der Waals surface area contributed by atoms with E-state index in [1.54, 1.807) is 13.8 Å². The van der Waals surface area contributed by atoms with E-state index in [4.69, 9.17) is 0 Å². The summed E-state index contributed by atoms with van der Waals surface area (Å²) in [5, 5.41) is 0. The van der Waals surface area contributed by atoms with Crippen molar-refractivity contribution in [3.63, 3.8) is 0 Å². The molecule has 172 valence electrons. The molecule has 2 heterocycles. The van der Waals surface area contributed by atoms with Crippen LogP contribution in [-0.2, 0) is 14.1 Å². The van der Waals surface area contributed by atoms with Gasteiger partial charge in [-0.15, -0.1) is 0 Å². The van der Waals surface area contributed by atoms with E-state index in [0.29, 0.717) is 0 Å². The number of carbonyl (C=O) groups excluding carboxylic acids is 2. The van der Waals surface area contributed by atoms with Crippen LogP contribution < -0.4 is 0 Å². The largest absolute Gasteiger partial charge is 0.412 e. The second kappa shape index (κ2) is 10.7. The number of imidazole rings is 2. The van der Waals surface area contributed by atoms with Gasteiger partial charge in [-0.25, -0.2) is 9.97 Å². The number of aromatic nitrogens is 4. The molecule has 0 fully saturated rings. The Balaban J connectivity index is 0.000000227. The Kier molecular flexibility index (Phi) is 8.21. The highest BCUT2D eigenvalue weighted by molar-refractivity contribution is 5.95. The third-order valence-electron chi connectivity index (χ3n) is 5.62. The van der Waals surface area contributed by atoms with Crippen LogP contribution in [0.3, 0.4) is 0 Å². The zero-order valence-corrected chi connectivity index (χ0v) is 19.9. The third kappa shape index (κ3) is 5.70. The van der Waals surface area contributed by atoms with Crippen LogP contribution in [0, 0.1) is 13.8 Å². The summed E-state index contributed by atoms with van der Waals surface area (Å²) >= 11 is 0. The van der Waals surface area contributed by atoms with E-state index in [2.05, 4.69) is 9.97 Å². The maximum atomic E-state index is 11.1. The van der Waals surface area contributed by atoms with Crippen LogP contribution in [0.25, 0.3) is 22.5 Å². The SMILES string of the molecule is CC(=O)c1ccc(-c2cnc(C)n2C)cc1.CC(=O)c1ccc(-c2cnc(C)n2C)cc1.O. The number of rotatable bonds is 4. The zero-order chi connectivity index (χ0) is 23.4. The first-order chi connectivity index (χ1) is 15.2. The van der Waals surface area contributed by atoms with E-state index in [0.717, 1.165) is 45.3 Å². The smallest absolute Gasteiger partial charge is 0.159 e. The average Bonchev–Trinajstić information content (AvgIpc) is 3.30. The number of hydrogen-bond donors (Lipinski definition) is 0. The summed E-state index contributed by atoms with van der Waals surface area (Å²) in [5.41, 5.74) is 5.76. The highest BCUT2D eigenvalue weighted by atomic mass is 16.1. The molecule has 0 saturated heterocycles. The summed E-state index contributed by atoms with van der Waals surface area (Å²) in [7, 11) is 3.97. The van der Waals surface area contributed by atoms with Gasteiger partial charge in [0.25, 0.3) is 0 Å². The number of carbonyl (C=O) groups is 2. The summed E-state index contributed by atoms with van der Waals surface area (Å²) in [6, 6.07) is 15.2. The second-order valence-electron chi connectivity index (χ2n) is 7.77. The predicted molar refractivity (Wildman–Crippen MR) is 130 cm³/mol. The van der Waals surface area contributed by atoms with E-state index in [1.165, 1.54) is 0 Å². The predicted octanol–water partition coefficient (Wildman–Crippen LogP) is 4.37. The number of Topliss-reactive ketones (excluding diaryl/α,β-unsaturated/α-hetero) is 2. The number of nitrogens with zero attached hydrogens (tertiary/aromatic N) is 4. The normalized spacial score (nSPS) is 10.1. The number of hydrogen-bond acceptors (Lipinski definition) is 4. The van der Waals surface area contributed by atoms with Gasteiger partial charge in [0.2, 0.25) is 0 Å². The third-order valence-corrected chi connectivity index (χ3v) is 5.62. The fourth-order valence-electron chi connectivity index (χ4n) is 3.29. The first kappa shape index (κ1) is 25.4. The van der Waals surface area contributed by atoms with Crippen LogP contribution >= 0.6 is 0 Å². The van der Waals surface area contributed by atoms with Crippen molar-refractivity contribution in [2.24, 2.45) is 14.1 Å². The minimum atomic E-state index is 0. The van der Waals surface area contributed by atoms with Crippen LogP contribution in [0.5, 0.6) is 0 Å². The van der Waals surface area contributed by atoms with Gasteiger partial charge < -0.3 is 14.6 Å². The molecule has 4 rings (SSSR count). The van der Waals surface area contributed by atoms with Crippen molar-refractivity contribution in [3.8, 4) is 22.5 Å². The Morgan fingerprint density at radius 2 is 0.939 bits per heavy atom. The molecule has 0 aliphatic carbocycles. The Labute approximate surface area is 194 Å². The van der Waals surface area contributed by atoms with Crippen molar-refractivity contribution in [3.05, 3.63) is 83.7 Å². The van der Waals surface area contributed by atoms with Crippen molar-refractivity contribution in [1.82, 2.24) is 19.1 Å². The Hall–Kier alpha value is -3.84. The second-order valence-corrected chi connectivity index (χ2v) is 7.77. The lowest BCUT2D eigenvalue weighted by Gasteiger charge is -2.04. The van der Waals surface area contributed by atoms with Crippen molar-refractivity contribution < 1.29 is 15.1 Å². The van der Waals surface area contributed by atoms with Crippen LogP contribution in [0.15, 0.2) is 60.9 Å². The molecule has 0 amide bonds. The molecule has 0 aliphatic rings.